The van der Waals surface area contributed by atoms with E-state index in [0.717, 1.165) is 4.90 Å². The van der Waals surface area contributed by atoms with Gasteiger partial charge in [-0.15, -0.1) is 0 Å². The van der Waals surface area contributed by atoms with Crippen LogP contribution in [-0.2, 0) is 4.79 Å². The fraction of sp³-hybridized carbons (Fsp3) is 0.909. The highest BCUT2D eigenvalue weighted by molar-refractivity contribution is 9.10. The lowest BCUT2D eigenvalue weighted by Gasteiger charge is -2.28. The summed E-state index contributed by atoms with van der Waals surface area (Å²) in [6.07, 6.45) is -4.35. The third-order valence-electron chi connectivity index (χ3n) is 2.09. The Morgan fingerprint density at radius 1 is 1.24 bits per heavy atom. The molecule has 0 bridgehead atoms. The average molecular weight is 318 g/mol. The van der Waals surface area contributed by atoms with Crippen molar-refractivity contribution in [2.45, 2.75) is 38.7 Å². The number of carbonyl (C=O) groups is 1. The van der Waals surface area contributed by atoms with E-state index in [9.17, 15) is 18.0 Å². The first-order chi connectivity index (χ1) is 7.54. The summed E-state index contributed by atoms with van der Waals surface area (Å²) in [6, 6.07) is 0. The van der Waals surface area contributed by atoms with E-state index in [2.05, 4.69) is 15.9 Å². The molecule has 0 heterocycles. The van der Waals surface area contributed by atoms with Gasteiger partial charge in [0.2, 0.25) is 5.91 Å². The van der Waals surface area contributed by atoms with Crippen LogP contribution < -0.4 is 0 Å². The first-order valence-electron chi connectivity index (χ1n) is 5.54. The van der Waals surface area contributed by atoms with Crippen LogP contribution in [0, 0.1) is 11.8 Å². The van der Waals surface area contributed by atoms with Crippen molar-refractivity contribution in [3.05, 3.63) is 0 Å². The van der Waals surface area contributed by atoms with E-state index < -0.39 is 23.5 Å². The Balaban J connectivity index is 4.74. The van der Waals surface area contributed by atoms with Gasteiger partial charge < -0.3 is 4.90 Å². The molecule has 0 aromatic carbocycles. The van der Waals surface area contributed by atoms with Gasteiger partial charge in [0.25, 0.3) is 0 Å². The van der Waals surface area contributed by atoms with E-state index in [-0.39, 0.29) is 18.4 Å². The largest absolute Gasteiger partial charge is 0.406 e. The highest BCUT2D eigenvalue weighted by atomic mass is 79.9. The van der Waals surface area contributed by atoms with Crippen molar-refractivity contribution in [1.82, 2.24) is 4.90 Å². The number of carbonyl (C=O) groups excluding carboxylic acids is 1. The number of amides is 1. The van der Waals surface area contributed by atoms with Crippen LogP contribution in [-0.4, -0.2) is 34.9 Å². The van der Waals surface area contributed by atoms with E-state index in [4.69, 9.17) is 0 Å². The van der Waals surface area contributed by atoms with Gasteiger partial charge in [-0.1, -0.05) is 43.6 Å². The molecule has 1 atom stereocenters. The topological polar surface area (TPSA) is 20.3 Å². The molecule has 1 unspecified atom stereocenters. The van der Waals surface area contributed by atoms with Crippen molar-refractivity contribution < 1.29 is 18.0 Å². The minimum Gasteiger partial charge on any atom is -0.332 e. The highest BCUT2D eigenvalue weighted by Crippen LogP contribution is 2.21. The van der Waals surface area contributed by atoms with Crippen molar-refractivity contribution in [3.63, 3.8) is 0 Å². The molecular weight excluding hydrogens is 299 g/mol. The van der Waals surface area contributed by atoms with Crippen LogP contribution in [0.3, 0.4) is 0 Å². The molecule has 17 heavy (non-hydrogen) atoms. The molecular formula is C11H19BrF3NO. The minimum atomic E-state index is -4.35. The fourth-order valence-electron chi connectivity index (χ4n) is 1.35. The van der Waals surface area contributed by atoms with E-state index in [0.29, 0.717) is 0 Å². The number of hydrogen-bond acceptors (Lipinski definition) is 1. The quantitative estimate of drug-likeness (QED) is 0.711. The van der Waals surface area contributed by atoms with Crippen LogP contribution in [0.4, 0.5) is 13.2 Å². The third kappa shape index (κ3) is 6.91. The van der Waals surface area contributed by atoms with Crippen LogP contribution in [0.1, 0.15) is 27.7 Å². The zero-order valence-electron chi connectivity index (χ0n) is 10.5. The Kier molecular flexibility index (Phi) is 6.51. The van der Waals surface area contributed by atoms with Gasteiger partial charge in [-0.05, 0) is 11.8 Å². The lowest BCUT2D eigenvalue weighted by Crippen LogP contribution is -2.45. The minimum absolute atomic E-state index is 0.00756. The van der Waals surface area contributed by atoms with Crippen molar-refractivity contribution in [1.29, 1.82) is 0 Å². The fourth-order valence-corrected chi connectivity index (χ4v) is 1.64. The summed E-state index contributed by atoms with van der Waals surface area (Å²) in [6.45, 7) is 6.09. The summed E-state index contributed by atoms with van der Waals surface area (Å²) >= 11 is 3.15. The predicted molar refractivity (Wildman–Crippen MR) is 65.0 cm³/mol. The first-order valence-corrected chi connectivity index (χ1v) is 6.45. The van der Waals surface area contributed by atoms with Gasteiger partial charge >= 0.3 is 6.18 Å². The van der Waals surface area contributed by atoms with Gasteiger partial charge in [-0.3, -0.25) is 4.79 Å². The molecule has 0 N–H and O–H groups in total. The molecule has 0 rings (SSSR count). The summed E-state index contributed by atoms with van der Waals surface area (Å²) in [5.41, 5.74) is 0. The second-order valence-corrected chi connectivity index (χ2v) is 5.86. The van der Waals surface area contributed by atoms with E-state index in [1.54, 1.807) is 27.7 Å². The van der Waals surface area contributed by atoms with Crippen LogP contribution in [0.25, 0.3) is 0 Å². The molecule has 0 saturated heterocycles. The van der Waals surface area contributed by atoms with Gasteiger partial charge in [0.05, 0.1) is 4.83 Å². The molecule has 0 saturated carbocycles. The maximum Gasteiger partial charge on any atom is 0.406 e. The number of alkyl halides is 4. The normalized spacial score (nSPS) is 14.2. The monoisotopic (exact) mass is 317 g/mol. The van der Waals surface area contributed by atoms with E-state index in [1.807, 2.05) is 0 Å². The Labute approximate surface area is 109 Å². The Bertz CT molecular complexity index is 254. The molecule has 6 heteroatoms. The third-order valence-corrected chi connectivity index (χ3v) is 3.54. The Morgan fingerprint density at radius 2 is 1.71 bits per heavy atom. The molecule has 102 valence electrons. The second kappa shape index (κ2) is 6.61. The summed E-state index contributed by atoms with van der Waals surface area (Å²) in [5, 5.41) is 0. The molecule has 0 aliphatic heterocycles. The standard InChI is InChI=1S/C11H19BrF3NO/c1-7(2)5-16(6-11(13,14)15)10(17)9(12)8(3)4/h7-9H,5-6H2,1-4H3. The molecule has 2 nitrogen and oxygen atoms in total. The smallest absolute Gasteiger partial charge is 0.332 e. The van der Waals surface area contributed by atoms with Gasteiger partial charge in [0, 0.05) is 6.54 Å². The summed E-state index contributed by atoms with van der Waals surface area (Å²) < 4.78 is 37.1. The summed E-state index contributed by atoms with van der Waals surface area (Å²) in [7, 11) is 0. The average Bonchev–Trinajstić information content (AvgIpc) is 2.11. The van der Waals surface area contributed by atoms with Crippen LogP contribution in [0.5, 0.6) is 0 Å². The van der Waals surface area contributed by atoms with Crippen molar-refractivity contribution >= 4 is 21.8 Å². The maximum absolute atomic E-state index is 12.4. The van der Waals surface area contributed by atoms with Gasteiger partial charge in [-0.25, -0.2) is 0 Å². The van der Waals surface area contributed by atoms with E-state index in [1.165, 1.54) is 0 Å². The molecule has 0 radical (unpaired) electrons. The van der Waals surface area contributed by atoms with Crippen molar-refractivity contribution in [2.24, 2.45) is 11.8 Å². The molecule has 0 aliphatic rings. The van der Waals surface area contributed by atoms with Crippen molar-refractivity contribution in [2.75, 3.05) is 13.1 Å². The molecule has 0 fully saturated rings. The molecule has 0 spiro atoms. The van der Waals surface area contributed by atoms with Crippen LogP contribution in [0.15, 0.2) is 0 Å². The van der Waals surface area contributed by atoms with Gasteiger partial charge in [0.1, 0.15) is 6.54 Å². The Morgan fingerprint density at radius 3 is 2.00 bits per heavy atom. The SMILES string of the molecule is CC(C)CN(CC(F)(F)F)C(=O)C(Br)C(C)C. The highest BCUT2D eigenvalue weighted by Gasteiger charge is 2.35. The zero-order chi connectivity index (χ0) is 13.8. The number of hydrogen-bond donors (Lipinski definition) is 0. The van der Waals surface area contributed by atoms with E-state index >= 15 is 0 Å². The van der Waals surface area contributed by atoms with Gasteiger partial charge in [-0.2, -0.15) is 13.2 Å². The molecule has 1 amide bonds. The van der Waals surface area contributed by atoms with Crippen LogP contribution in [0.2, 0.25) is 0 Å². The van der Waals surface area contributed by atoms with Gasteiger partial charge in [0.15, 0.2) is 0 Å². The molecule has 0 aliphatic carbocycles. The zero-order valence-corrected chi connectivity index (χ0v) is 12.1. The lowest BCUT2D eigenvalue weighted by atomic mass is 10.1. The summed E-state index contributed by atoms with van der Waals surface area (Å²) in [4.78, 5) is 12.2. The first kappa shape index (κ1) is 16.7. The second-order valence-electron chi connectivity index (χ2n) is 4.87. The summed E-state index contributed by atoms with van der Waals surface area (Å²) in [5.74, 6) is -0.524. The molecule has 0 aromatic heterocycles. The van der Waals surface area contributed by atoms with Crippen molar-refractivity contribution in [3.8, 4) is 0 Å². The molecule has 0 aromatic rings. The number of halogens is 4. The predicted octanol–water partition coefficient (Wildman–Crippen LogP) is 3.45. The number of nitrogens with zero attached hydrogens (tertiary/aromatic N) is 1. The number of rotatable bonds is 5. The lowest BCUT2D eigenvalue weighted by molar-refractivity contribution is -0.162. The maximum atomic E-state index is 12.4. The van der Waals surface area contributed by atoms with Crippen LogP contribution >= 0.6 is 15.9 Å². The Hall–Kier alpha value is -0.260.